The van der Waals surface area contributed by atoms with E-state index in [9.17, 15) is 0 Å². The molecule has 0 aliphatic carbocycles. The fraction of sp³-hybridized carbons (Fsp3) is 0. The van der Waals surface area contributed by atoms with Gasteiger partial charge in [-0.05, 0) is 86.3 Å². The maximum absolute atomic E-state index is 6.97. The lowest BCUT2D eigenvalue weighted by molar-refractivity contribution is 0.669. The number of furan rings is 1. The topological polar surface area (TPSA) is 56.7 Å². The molecule has 298 valence electrons. The molecule has 0 atom stereocenters. The van der Waals surface area contributed by atoms with Crippen molar-refractivity contribution in [2.45, 2.75) is 0 Å². The van der Waals surface area contributed by atoms with Crippen LogP contribution in [0.5, 0.6) is 0 Å². The summed E-state index contributed by atoms with van der Waals surface area (Å²) in [4.78, 5) is 15.3. The summed E-state index contributed by atoms with van der Waals surface area (Å²) >= 11 is 0. The Morgan fingerprint density at radius 3 is 1.59 bits per heavy atom. The molecule has 64 heavy (non-hydrogen) atoms. The van der Waals surface area contributed by atoms with E-state index in [1.807, 2.05) is 60.7 Å². The summed E-state index contributed by atoms with van der Waals surface area (Å²) in [5, 5.41) is 9.10. The van der Waals surface area contributed by atoms with Gasteiger partial charge >= 0.3 is 0 Å². The summed E-state index contributed by atoms with van der Waals surface area (Å²) in [6.07, 6.45) is 0. The van der Waals surface area contributed by atoms with Crippen LogP contribution in [0.1, 0.15) is 0 Å². The van der Waals surface area contributed by atoms with Crippen molar-refractivity contribution in [3.05, 3.63) is 218 Å². The smallest absolute Gasteiger partial charge is 0.167 e. The molecular formula is C59H36N4O. The van der Waals surface area contributed by atoms with Crippen molar-refractivity contribution in [2.24, 2.45) is 0 Å². The number of nitrogens with zero attached hydrogens (tertiary/aromatic N) is 4. The van der Waals surface area contributed by atoms with Gasteiger partial charge in [0.2, 0.25) is 0 Å². The zero-order valence-electron chi connectivity index (χ0n) is 34.5. The molecule has 3 aromatic heterocycles. The molecule has 5 heteroatoms. The van der Waals surface area contributed by atoms with Crippen LogP contribution in [0.3, 0.4) is 0 Å². The third-order valence-corrected chi connectivity index (χ3v) is 12.6. The number of rotatable bonds is 6. The molecule has 13 aromatic rings. The first-order chi connectivity index (χ1) is 31.7. The van der Waals surface area contributed by atoms with Crippen molar-refractivity contribution in [3.8, 4) is 62.1 Å². The molecule has 10 aromatic carbocycles. The zero-order chi connectivity index (χ0) is 42.1. The number of fused-ring (bicyclic) bond motifs is 10. The molecule has 0 spiro atoms. The molecule has 0 saturated carbocycles. The molecule has 0 unspecified atom stereocenters. The van der Waals surface area contributed by atoms with Crippen LogP contribution < -0.4 is 0 Å². The van der Waals surface area contributed by atoms with Gasteiger partial charge in [-0.2, -0.15) is 0 Å². The lowest BCUT2D eigenvalue weighted by Gasteiger charge is -2.12. The van der Waals surface area contributed by atoms with Gasteiger partial charge in [-0.1, -0.05) is 176 Å². The third-order valence-electron chi connectivity index (χ3n) is 12.6. The van der Waals surface area contributed by atoms with E-state index in [2.05, 4.69) is 162 Å². The predicted octanol–water partition coefficient (Wildman–Crippen LogP) is 15.5. The van der Waals surface area contributed by atoms with Gasteiger partial charge in [0.25, 0.3) is 0 Å². The second kappa shape index (κ2) is 14.5. The predicted molar refractivity (Wildman–Crippen MR) is 264 cm³/mol. The minimum Gasteiger partial charge on any atom is -0.455 e. The fourth-order valence-electron chi connectivity index (χ4n) is 9.67. The van der Waals surface area contributed by atoms with Crippen molar-refractivity contribution in [1.29, 1.82) is 0 Å². The number of aromatic nitrogens is 4. The normalized spacial score (nSPS) is 11.8. The van der Waals surface area contributed by atoms with E-state index >= 15 is 0 Å². The molecule has 0 aliphatic rings. The Balaban J connectivity index is 1.10. The van der Waals surface area contributed by atoms with E-state index in [0.717, 1.165) is 66.1 Å². The van der Waals surface area contributed by atoms with Crippen LogP contribution in [-0.4, -0.2) is 19.5 Å². The van der Waals surface area contributed by atoms with E-state index < -0.39 is 0 Å². The van der Waals surface area contributed by atoms with Crippen LogP contribution in [0.2, 0.25) is 0 Å². The number of benzene rings is 10. The van der Waals surface area contributed by atoms with Gasteiger partial charge in [0.05, 0.1) is 16.6 Å². The Morgan fingerprint density at radius 2 is 0.906 bits per heavy atom. The first kappa shape index (κ1) is 36.0. The summed E-state index contributed by atoms with van der Waals surface area (Å²) in [6.45, 7) is 0. The molecule has 0 N–H and O–H groups in total. The summed E-state index contributed by atoms with van der Waals surface area (Å²) in [6, 6.07) is 77.0. The van der Waals surface area contributed by atoms with Crippen molar-refractivity contribution in [1.82, 2.24) is 19.5 Å². The highest BCUT2D eigenvalue weighted by atomic mass is 16.3. The van der Waals surface area contributed by atoms with Gasteiger partial charge in [0.1, 0.15) is 11.2 Å². The molecule has 0 aliphatic heterocycles. The maximum Gasteiger partial charge on any atom is 0.167 e. The van der Waals surface area contributed by atoms with Crippen molar-refractivity contribution < 1.29 is 4.42 Å². The van der Waals surface area contributed by atoms with Gasteiger partial charge in [-0.3, -0.25) is 0 Å². The van der Waals surface area contributed by atoms with Crippen LogP contribution in [0.25, 0.3) is 127 Å². The lowest BCUT2D eigenvalue weighted by atomic mass is 9.94. The maximum atomic E-state index is 6.97. The molecular weight excluding hydrogens is 781 g/mol. The van der Waals surface area contributed by atoms with E-state index in [0.29, 0.717) is 17.5 Å². The Kier molecular flexibility index (Phi) is 8.15. The highest BCUT2D eigenvalue weighted by molar-refractivity contribution is 6.26. The monoisotopic (exact) mass is 816 g/mol. The Hall–Kier alpha value is -8.67. The first-order valence-corrected chi connectivity index (χ1v) is 21.6. The van der Waals surface area contributed by atoms with E-state index in [1.54, 1.807) is 0 Å². The minimum atomic E-state index is 0.555. The summed E-state index contributed by atoms with van der Waals surface area (Å²) in [7, 11) is 0. The SMILES string of the molecule is c1ccc(-c2ccc3c(c2)c2c4ccccc4c(-c4ccccc4)cc2n3-c2ccc3oc4c(-c5nc(-c6ccccc6)nc(-c6ccccc6)n5)cc5ccccc5c4c3c2)cc1. The van der Waals surface area contributed by atoms with Gasteiger partial charge in [0.15, 0.2) is 17.5 Å². The van der Waals surface area contributed by atoms with Crippen LogP contribution in [-0.2, 0) is 0 Å². The molecule has 0 bridgehead atoms. The molecule has 0 amide bonds. The average Bonchev–Trinajstić information content (AvgIpc) is 3.92. The molecule has 5 nitrogen and oxygen atoms in total. The van der Waals surface area contributed by atoms with E-state index in [1.165, 1.54) is 43.8 Å². The fourth-order valence-corrected chi connectivity index (χ4v) is 9.67. The first-order valence-electron chi connectivity index (χ1n) is 21.6. The lowest BCUT2D eigenvalue weighted by Crippen LogP contribution is -2.00. The Labute approximate surface area is 368 Å². The standard InChI is InChI=1S/C59H36N4O/c1-5-17-37(18-6-1)41-29-31-51-48(33-41)54-46-28-16-15-27-45(46)47(38-19-7-2-8-20-38)36-52(54)63(51)43-30-32-53-49(35-43)55-44-26-14-13-25-42(44)34-50(56(55)64-53)59-61-57(39-21-9-3-10-22-39)60-58(62-59)40-23-11-4-12-24-40/h1-36H. The molecule has 0 fully saturated rings. The van der Waals surface area contributed by atoms with Crippen LogP contribution in [0.4, 0.5) is 0 Å². The number of hydrogen-bond donors (Lipinski definition) is 0. The molecule has 3 heterocycles. The van der Waals surface area contributed by atoms with Gasteiger partial charge in [0, 0.05) is 38.4 Å². The Bertz CT molecular complexity index is 3870. The van der Waals surface area contributed by atoms with Crippen LogP contribution >= 0.6 is 0 Å². The van der Waals surface area contributed by atoms with E-state index in [4.69, 9.17) is 19.4 Å². The minimum absolute atomic E-state index is 0.555. The molecule has 13 rings (SSSR count). The molecule has 0 radical (unpaired) electrons. The number of hydrogen-bond acceptors (Lipinski definition) is 4. The Morgan fingerprint density at radius 1 is 0.328 bits per heavy atom. The highest BCUT2D eigenvalue weighted by Gasteiger charge is 2.23. The quantitative estimate of drug-likeness (QED) is 0.168. The van der Waals surface area contributed by atoms with E-state index in [-0.39, 0.29) is 0 Å². The largest absolute Gasteiger partial charge is 0.455 e. The summed E-state index contributed by atoms with van der Waals surface area (Å²) in [5.74, 6) is 1.77. The van der Waals surface area contributed by atoms with Gasteiger partial charge in [-0.15, -0.1) is 0 Å². The van der Waals surface area contributed by atoms with Crippen molar-refractivity contribution in [3.63, 3.8) is 0 Å². The summed E-state index contributed by atoms with van der Waals surface area (Å²) < 4.78 is 9.41. The molecule has 0 saturated heterocycles. The van der Waals surface area contributed by atoms with Gasteiger partial charge < -0.3 is 8.98 Å². The van der Waals surface area contributed by atoms with Crippen LogP contribution in [0, 0.1) is 0 Å². The average molecular weight is 817 g/mol. The zero-order valence-corrected chi connectivity index (χ0v) is 34.5. The summed E-state index contributed by atoms with van der Waals surface area (Å²) in [5.41, 5.74) is 12.2. The second-order valence-corrected chi connectivity index (χ2v) is 16.3. The van der Waals surface area contributed by atoms with Crippen molar-refractivity contribution >= 4 is 65.3 Å². The highest BCUT2D eigenvalue weighted by Crippen LogP contribution is 2.45. The third kappa shape index (κ3) is 5.75. The second-order valence-electron chi connectivity index (χ2n) is 16.3. The van der Waals surface area contributed by atoms with Gasteiger partial charge in [-0.25, -0.2) is 15.0 Å². The van der Waals surface area contributed by atoms with Crippen LogP contribution in [0.15, 0.2) is 223 Å². The van der Waals surface area contributed by atoms with Crippen molar-refractivity contribution in [2.75, 3.05) is 0 Å².